The molecule has 0 saturated carbocycles. The quantitative estimate of drug-likeness (QED) is 0.818. The summed E-state index contributed by atoms with van der Waals surface area (Å²) in [5.41, 5.74) is 1.03. The van der Waals surface area contributed by atoms with Crippen LogP contribution < -0.4 is 0 Å². The van der Waals surface area contributed by atoms with Crippen molar-refractivity contribution in [2.45, 2.75) is 32.1 Å². The third-order valence-corrected chi connectivity index (χ3v) is 2.47. The molecule has 2 N–H and O–H groups in total. The first kappa shape index (κ1) is 18.0. The van der Waals surface area contributed by atoms with Crippen molar-refractivity contribution in [3.63, 3.8) is 0 Å². The number of halogens is 1. The van der Waals surface area contributed by atoms with E-state index in [1.165, 1.54) is 12.1 Å². The van der Waals surface area contributed by atoms with Crippen LogP contribution in [0.3, 0.4) is 0 Å². The van der Waals surface area contributed by atoms with E-state index in [9.17, 15) is 17.9 Å². The Labute approximate surface area is 114 Å². The molecule has 0 radical (unpaired) electrons. The first-order chi connectivity index (χ1) is 8.77. The predicted octanol–water partition coefficient (Wildman–Crippen LogP) is 2.60. The van der Waals surface area contributed by atoms with Gasteiger partial charge in [0.25, 0.3) is 10.1 Å². The Morgan fingerprint density at radius 2 is 1.74 bits per heavy atom. The monoisotopic (exact) mass is 292 g/mol. The molecule has 0 aromatic heterocycles. The molecular formula is C13H21FO4S. The highest BCUT2D eigenvalue weighted by molar-refractivity contribution is 7.85. The van der Waals surface area contributed by atoms with Crippen LogP contribution in [0.1, 0.15) is 37.7 Å². The standard InChI is InChI=1S/C12H17FO.CH4O3S/c1-2-3-4-11(9-14)10-5-7-12(13)8-6-10;1-5(2,3)4/h5-8,11,14H,2-4,9H2,1H3;1H3,(H,2,3,4). The summed E-state index contributed by atoms with van der Waals surface area (Å²) in [7, 11) is -3.67. The summed E-state index contributed by atoms with van der Waals surface area (Å²) < 4.78 is 38.5. The van der Waals surface area contributed by atoms with Crippen LogP contribution in [-0.2, 0) is 10.1 Å². The Morgan fingerprint density at radius 3 is 2.11 bits per heavy atom. The van der Waals surface area contributed by atoms with E-state index < -0.39 is 10.1 Å². The van der Waals surface area contributed by atoms with Gasteiger partial charge in [-0.3, -0.25) is 4.55 Å². The van der Waals surface area contributed by atoms with Crippen LogP contribution in [0.4, 0.5) is 4.39 Å². The Hall–Kier alpha value is -0.980. The van der Waals surface area contributed by atoms with Crippen molar-refractivity contribution in [2.75, 3.05) is 12.9 Å². The smallest absolute Gasteiger partial charge is 0.261 e. The lowest BCUT2D eigenvalue weighted by Gasteiger charge is -2.13. The predicted molar refractivity (Wildman–Crippen MR) is 73.2 cm³/mol. The van der Waals surface area contributed by atoms with Gasteiger partial charge in [0, 0.05) is 12.5 Å². The van der Waals surface area contributed by atoms with E-state index in [0.29, 0.717) is 6.26 Å². The van der Waals surface area contributed by atoms with E-state index in [4.69, 9.17) is 4.55 Å². The van der Waals surface area contributed by atoms with Crippen molar-refractivity contribution < 1.29 is 22.5 Å². The van der Waals surface area contributed by atoms with E-state index in [-0.39, 0.29) is 18.3 Å². The molecule has 0 heterocycles. The minimum atomic E-state index is -3.67. The van der Waals surface area contributed by atoms with Crippen molar-refractivity contribution in [2.24, 2.45) is 0 Å². The average Bonchev–Trinajstić information content (AvgIpc) is 2.30. The molecule has 1 atom stereocenters. The topological polar surface area (TPSA) is 74.6 Å². The van der Waals surface area contributed by atoms with Gasteiger partial charge >= 0.3 is 0 Å². The second-order valence-corrected chi connectivity index (χ2v) is 5.77. The fourth-order valence-corrected chi connectivity index (χ4v) is 1.55. The van der Waals surface area contributed by atoms with E-state index in [1.807, 2.05) is 0 Å². The number of unbranched alkanes of at least 4 members (excludes halogenated alkanes) is 1. The molecular weight excluding hydrogens is 271 g/mol. The van der Waals surface area contributed by atoms with Gasteiger partial charge in [0.2, 0.25) is 0 Å². The third kappa shape index (κ3) is 10.6. The minimum absolute atomic E-state index is 0.144. The number of aliphatic hydroxyl groups is 1. The highest BCUT2D eigenvalue weighted by atomic mass is 32.2. The van der Waals surface area contributed by atoms with Gasteiger partial charge in [-0.25, -0.2) is 4.39 Å². The lowest BCUT2D eigenvalue weighted by molar-refractivity contribution is 0.257. The number of hydrogen-bond donors (Lipinski definition) is 2. The van der Waals surface area contributed by atoms with Crippen molar-refractivity contribution >= 4 is 10.1 Å². The molecule has 6 heteroatoms. The molecule has 1 rings (SSSR count). The molecule has 0 aliphatic rings. The zero-order valence-corrected chi connectivity index (χ0v) is 12.0. The van der Waals surface area contributed by atoms with Crippen molar-refractivity contribution in [3.8, 4) is 0 Å². The van der Waals surface area contributed by atoms with Gasteiger partial charge in [0.1, 0.15) is 5.82 Å². The van der Waals surface area contributed by atoms with Gasteiger partial charge in [0.15, 0.2) is 0 Å². The highest BCUT2D eigenvalue weighted by Crippen LogP contribution is 2.21. The third-order valence-electron chi connectivity index (χ3n) is 2.47. The lowest BCUT2D eigenvalue weighted by Crippen LogP contribution is -2.03. The summed E-state index contributed by atoms with van der Waals surface area (Å²) in [5.74, 6) is -0.0588. The number of hydrogen-bond acceptors (Lipinski definition) is 3. The van der Waals surface area contributed by atoms with E-state index in [0.717, 1.165) is 24.8 Å². The maximum atomic E-state index is 12.6. The number of aliphatic hydroxyl groups excluding tert-OH is 1. The molecule has 1 unspecified atom stereocenters. The molecule has 4 nitrogen and oxygen atoms in total. The Bertz CT molecular complexity index is 434. The summed E-state index contributed by atoms with van der Waals surface area (Å²) in [6, 6.07) is 6.41. The molecule has 0 bridgehead atoms. The summed E-state index contributed by atoms with van der Waals surface area (Å²) in [5, 5.41) is 9.18. The fourth-order valence-electron chi connectivity index (χ4n) is 1.55. The molecule has 0 aliphatic heterocycles. The second kappa shape index (κ2) is 9.01. The summed E-state index contributed by atoms with van der Waals surface area (Å²) >= 11 is 0. The molecule has 0 amide bonds. The fraction of sp³-hybridized carbons (Fsp3) is 0.538. The molecule has 0 fully saturated rings. The van der Waals surface area contributed by atoms with Gasteiger partial charge < -0.3 is 5.11 Å². The summed E-state index contributed by atoms with van der Waals surface area (Å²) in [4.78, 5) is 0. The van der Waals surface area contributed by atoms with Crippen molar-refractivity contribution in [1.29, 1.82) is 0 Å². The van der Waals surface area contributed by atoms with Gasteiger partial charge in [0.05, 0.1) is 6.26 Å². The molecule has 0 saturated heterocycles. The van der Waals surface area contributed by atoms with Gasteiger partial charge in [-0.2, -0.15) is 8.42 Å². The molecule has 1 aromatic rings. The van der Waals surface area contributed by atoms with Crippen LogP contribution in [0.25, 0.3) is 0 Å². The van der Waals surface area contributed by atoms with Crippen LogP contribution in [0, 0.1) is 5.82 Å². The molecule has 0 spiro atoms. The summed E-state index contributed by atoms with van der Waals surface area (Å²) in [6.45, 7) is 2.27. The van der Waals surface area contributed by atoms with Gasteiger partial charge in [-0.15, -0.1) is 0 Å². The molecule has 0 aliphatic carbocycles. The Morgan fingerprint density at radius 1 is 1.26 bits per heavy atom. The van der Waals surface area contributed by atoms with Crippen molar-refractivity contribution in [1.82, 2.24) is 0 Å². The van der Waals surface area contributed by atoms with E-state index in [1.54, 1.807) is 12.1 Å². The molecule has 1 aromatic carbocycles. The Balaban J connectivity index is 0.000000555. The maximum Gasteiger partial charge on any atom is 0.261 e. The molecule has 110 valence electrons. The Kier molecular flexibility index (Phi) is 8.54. The largest absolute Gasteiger partial charge is 0.396 e. The SMILES string of the molecule is CCCCC(CO)c1ccc(F)cc1.CS(=O)(=O)O. The first-order valence-electron chi connectivity index (χ1n) is 6.06. The zero-order chi connectivity index (χ0) is 14.9. The van der Waals surface area contributed by atoms with Crippen LogP contribution >= 0.6 is 0 Å². The minimum Gasteiger partial charge on any atom is -0.396 e. The van der Waals surface area contributed by atoms with Crippen LogP contribution in [0.15, 0.2) is 24.3 Å². The highest BCUT2D eigenvalue weighted by Gasteiger charge is 2.09. The van der Waals surface area contributed by atoms with E-state index >= 15 is 0 Å². The van der Waals surface area contributed by atoms with Gasteiger partial charge in [-0.05, 0) is 24.1 Å². The number of rotatable bonds is 5. The summed E-state index contributed by atoms with van der Waals surface area (Å²) in [6.07, 6.45) is 3.91. The average molecular weight is 292 g/mol. The lowest BCUT2D eigenvalue weighted by atomic mass is 9.94. The normalized spacial score (nSPS) is 12.5. The van der Waals surface area contributed by atoms with E-state index in [2.05, 4.69) is 6.92 Å². The number of benzene rings is 1. The van der Waals surface area contributed by atoms with Crippen molar-refractivity contribution in [3.05, 3.63) is 35.6 Å². The zero-order valence-electron chi connectivity index (χ0n) is 11.2. The maximum absolute atomic E-state index is 12.6. The molecule has 19 heavy (non-hydrogen) atoms. The van der Waals surface area contributed by atoms with Crippen LogP contribution in [-0.4, -0.2) is 30.9 Å². The second-order valence-electron chi connectivity index (χ2n) is 4.31. The first-order valence-corrected chi connectivity index (χ1v) is 7.91. The van der Waals surface area contributed by atoms with Gasteiger partial charge in [-0.1, -0.05) is 31.9 Å². The van der Waals surface area contributed by atoms with Crippen LogP contribution in [0.5, 0.6) is 0 Å². The van der Waals surface area contributed by atoms with Crippen LogP contribution in [0.2, 0.25) is 0 Å².